The van der Waals surface area contributed by atoms with E-state index < -0.39 is 12.1 Å². The van der Waals surface area contributed by atoms with Crippen LogP contribution in [0.25, 0.3) is 50.9 Å². The van der Waals surface area contributed by atoms with E-state index in [0.717, 1.165) is 64.4 Å². The van der Waals surface area contributed by atoms with Crippen LogP contribution in [0.5, 0.6) is 0 Å². The minimum Gasteiger partial charge on any atom is -0.467 e. The zero-order valence-electron chi connectivity index (χ0n) is 30.1. The van der Waals surface area contributed by atoms with Gasteiger partial charge in [0.25, 0.3) is 0 Å². The van der Waals surface area contributed by atoms with Gasteiger partial charge in [-0.25, -0.2) is 9.78 Å². The average Bonchev–Trinajstić information content (AvgIpc) is 3.83. The highest BCUT2D eigenvalue weighted by Crippen LogP contribution is 2.34. The van der Waals surface area contributed by atoms with Crippen LogP contribution in [-0.2, 0) is 20.7 Å². The van der Waals surface area contributed by atoms with E-state index >= 15 is 0 Å². The summed E-state index contributed by atoms with van der Waals surface area (Å²) in [6.07, 6.45) is 4.52. The molecule has 0 radical (unpaired) electrons. The van der Waals surface area contributed by atoms with Gasteiger partial charge in [-0.2, -0.15) is 0 Å². The minimum atomic E-state index is -1.40. The fourth-order valence-corrected chi connectivity index (χ4v) is 6.36. The van der Waals surface area contributed by atoms with Gasteiger partial charge in [0.1, 0.15) is 5.82 Å². The minimum absolute atomic E-state index is 0.122. The lowest BCUT2D eigenvalue weighted by molar-refractivity contribution is -0.149. The number of esters is 1. The molecule has 0 saturated heterocycles. The number of fused-ring (bicyclic) bond motifs is 1. The highest BCUT2D eigenvalue weighted by molar-refractivity contribution is 6.01. The summed E-state index contributed by atoms with van der Waals surface area (Å²) in [4.78, 5) is 38.5. The Hall–Kier alpha value is -6.26. The SMILES string of the molecule is CCN(CC)c1ccc(-c2nc(-c3ccc(C(=N)CC(O)C(=O)OC)cc3)c(-c3ccc(/C=C/C(=O)NCCc4c[nH]c5ccccc45)cc3)[nH]2)cc1. The predicted molar refractivity (Wildman–Crippen MR) is 212 cm³/mol. The Morgan fingerprint density at radius 3 is 2.30 bits per heavy atom. The smallest absolute Gasteiger partial charge is 0.335 e. The van der Waals surface area contributed by atoms with E-state index in [4.69, 9.17) is 10.4 Å². The summed E-state index contributed by atoms with van der Waals surface area (Å²) in [6.45, 7) is 6.65. The first kappa shape index (κ1) is 36.5. The first-order valence-electron chi connectivity index (χ1n) is 17.8. The molecule has 0 aliphatic rings. The Morgan fingerprint density at radius 1 is 0.925 bits per heavy atom. The normalized spacial score (nSPS) is 11.8. The number of para-hydroxylation sites is 1. The highest BCUT2D eigenvalue weighted by Gasteiger charge is 2.20. The first-order chi connectivity index (χ1) is 25.8. The van der Waals surface area contributed by atoms with Gasteiger partial charge in [0.05, 0.1) is 18.5 Å². The number of H-pyrrole nitrogens is 2. The molecule has 4 aromatic carbocycles. The number of ether oxygens (including phenoxy) is 1. The van der Waals surface area contributed by atoms with Crippen molar-refractivity contribution < 1.29 is 19.4 Å². The molecule has 1 amide bonds. The number of anilines is 1. The maximum absolute atomic E-state index is 12.6. The molecule has 53 heavy (non-hydrogen) atoms. The van der Waals surface area contributed by atoms with Crippen LogP contribution in [-0.4, -0.2) is 70.5 Å². The fraction of sp³-hybridized carbons (Fsp3) is 0.209. The number of methoxy groups -OCH3 is 1. The van der Waals surface area contributed by atoms with Gasteiger partial charge in [0, 0.05) is 77.3 Å². The zero-order chi connectivity index (χ0) is 37.3. The van der Waals surface area contributed by atoms with Crippen molar-refractivity contribution in [1.82, 2.24) is 20.3 Å². The van der Waals surface area contributed by atoms with Crippen LogP contribution in [0.2, 0.25) is 0 Å². The number of amides is 1. The van der Waals surface area contributed by atoms with E-state index in [-0.39, 0.29) is 18.0 Å². The van der Waals surface area contributed by atoms with Crippen molar-refractivity contribution in [2.75, 3.05) is 31.6 Å². The molecule has 1 unspecified atom stereocenters. The van der Waals surface area contributed by atoms with E-state index in [2.05, 4.69) is 69.1 Å². The summed E-state index contributed by atoms with van der Waals surface area (Å²) in [5.41, 5.74) is 9.24. The second-order valence-corrected chi connectivity index (χ2v) is 12.7. The number of aromatic amines is 2. The summed E-state index contributed by atoms with van der Waals surface area (Å²) in [5.74, 6) is -0.211. The highest BCUT2D eigenvalue weighted by atomic mass is 16.5. The van der Waals surface area contributed by atoms with Gasteiger partial charge in [0.15, 0.2) is 6.10 Å². The molecule has 0 fully saturated rings. The summed E-state index contributed by atoms with van der Waals surface area (Å²) < 4.78 is 4.59. The van der Waals surface area contributed by atoms with Crippen LogP contribution in [0.4, 0.5) is 5.69 Å². The number of nitrogens with zero attached hydrogens (tertiary/aromatic N) is 2. The van der Waals surface area contributed by atoms with Crippen molar-refractivity contribution in [3.63, 3.8) is 0 Å². The fourth-order valence-electron chi connectivity index (χ4n) is 6.36. The van der Waals surface area contributed by atoms with Crippen LogP contribution in [0.3, 0.4) is 0 Å². The van der Waals surface area contributed by atoms with E-state index in [1.165, 1.54) is 18.1 Å². The molecule has 2 heterocycles. The predicted octanol–water partition coefficient (Wildman–Crippen LogP) is 7.40. The molecule has 0 aliphatic carbocycles. The number of imidazole rings is 1. The Morgan fingerprint density at radius 2 is 1.60 bits per heavy atom. The van der Waals surface area contributed by atoms with Crippen LogP contribution >= 0.6 is 0 Å². The molecule has 0 aliphatic heterocycles. The molecule has 270 valence electrons. The average molecular weight is 709 g/mol. The molecule has 1 atom stereocenters. The number of benzene rings is 4. The van der Waals surface area contributed by atoms with Crippen molar-refractivity contribution >= 4 is 40.3 Å². The number of carbonyl (C=O) groups excluding carboxylic acids is 2. The number of aliphatic hydroxyl groups excluding tert-OH is 1. The van der Waals surface area contributed by atoms with Crippen LogP contribution in [0.1, 0.15) is 37.0 Å². The van der Waals surface area contributed by atoms with Crippen molar-refractivity contribution in [1.29, 1.82) is 5.41 Å². The summed E-state index contributed by atoms with van der Waals surface area (Å²) in [6, 6.07) is 31.7. The van der Waals surface area contributed by atoms with Crippen LogP contribution in [0.15, 0.2) is 109 Å². The Bertz CT molecular complexity index is 2210. The molecular formula is C43H44N6O4. The van der Waals surface area contributed by atoms with Gasteiger partial charge < -0.3 is 35.4 Å². The third-order valence-electron chi connectivity index (χ3n) is 9.35. The van der Waals surface area contributed by atoms with Crippen LogP contribution in [0, 0.1) is 5.41 Å². The lowest BCUT2D eigenvalue weighted by Gasteiger charge is -2.20. The van der Waals surface area contributed by atoms with E-state index in [1.54, 1.807) is 24.3 Å². The molecule has 5 N–H and O–H groups in total. The second kappa shape index (κ2) is 16.8. The quantitative estimate of drug-likeness (QED) is 0.0427. The molecule has 10 heteroatoms. The molecule has 0 spiro atoms. The Labute approximate surface area is 309 Å². The number of hydrogen-bond acceptors (Lipinski definition) is 7. The maximum Gasteiger partial charge on any atom is 0.335 e. The second-order valence-electron chi connectivity index (χ2n) is 12.7. The summed E-state index contributed by atoms with van der Waals surface area (Å²) in [7, 11) is 1.21. The summed E-state index contributed by atoms with van der Waals surface area (Å²) in [5, 5.41) is 22.6. The molecule has 0 saturated carbocycles. The van der Waals surface area contributed by atoms with Crippen molar-refractivity contribution in [2.45, 2.75) is 32.8 Å². The molecule has 6 aromatic rings. The van der Waals surface area contributed by atoms with Gasteiger partial charge in [-0.15, -0.1) is 0 Å². The van der Waals surface area contributed by atoms with E-state index in [0.29, 0.717) is 17.9 Å². The van der Waals surface area contributed by atoms with Gasteiger partial charge in [-0.1, -0.05) is 66.7 Å². The maximum atomic E-state index is 12.6. The monoisotopic (exact) mass is 708 g/mol. The van der Waals surface area contributed by atoms with Crippen molar-refractivity contribution in [2.24, 2.45) is 0 Å². The molecule has 6 rings (SSSR count). The zero-order valence-corrected chi connectivity index (χ0v) is 30.1. The topological polar surface area (TPSA) is 147 Å². The van der Waals surface area contributed by atoms with Gasteiger partial charge in [0.2, 0.25) is 5.91 Å². The number of aliphatic hydroxyl groups is 1. The summed E-state index contributed by atoms with van der Waals surface area (Å²) >= 11 is 0. The van der Waals surface area contributed by atoms with Crippen molar-refractivity contribution in [3.8, 4) is 33.9 Å². The van der Waals surface area contributed by atoms with Gasteiger partial charge in [-0.05, 0) is 73.4 Å². The molecular weight excluding hydrogens is 665 g/mol. The number of nitrogens with one attached hydrogen (secondary N) is 4. The van der Waals surface area contributed by atoms with Crippen molar-refractivity contribution in [3.05, 3.63) is 126 Å². The largest absolute Gasteiger partial charge is 0.467 e. The molecule has 0 bridgehead atoms. The van der Waals surface area contributed by atoms with Gasteiger partial charge in [-0.3, -0.25) is 4.79 Å². The third-order valence-corrected chi connectivity index (χ3v) is 9.35. The van der Waals surface area contributed by atoms with Crippen LogP contribution < -0.4 is 10.2 Å². The number of carbonyl (C=O) groups is 2. The lowest BCUT2D eigenvalue weighted by Crippen LogP contribution is -2.25. The molecule has 2 aromatic heterocycles. The van der Waals surface area contributed by atoms with E-state index in [1.807, 2.05) is 60.8 Å². The number of aromatic nitrogens is 3. The van der Waals surface area contributed by atoms with E-state index in [9.17, 15) is 14.7 Å². The standard InChI is InChI=1S/C43H44N6O4/c1-4-49(5-2)34-21-19-32(20-22-34)42-47-40(41(48-42)31-17-15-29(16-18-31)36(44)26-38(50)43(52)53-3)30-13-10-28(11-14-30)12-23-39(51)45-25-24-33-27-46-37-9-7-6-8-35(33)37/h6-23,27,38,44,46,50H,4-5,24-26H2,1-3H3,(H,45,51)(H,47,48)/b23-12+,44-36?. The Kier molecular flexibility index (Phi) is 11.6. The molecule has 10 nitrogen and oxygen atoms in total. The third kappa shape index (κ3) is 8.62. The Balaban J connectivity index is 1.20. The van der Waals surface area contributed by atoms with Gasteiger partial charge >= 0.3 is 5.97 Å². The first-order valence-corrected chi connectivity index (χ1v) is 17.8. The number of rotatable bonds is 15. The number of hydrogen-bond donors (Lipinski definition) is 5. The lowest BCUT2D eigenvalue weighted by atomic mass is 9.99.